The lowest BCUT2D eigenvalue weighted by Gasteiger charge is -2.37. The number of piperidine rings is 1. The van der Waals surface area contributed by atoms with Crippen molar-refractivity contribution in [3.8, 4) is 11.5 Å². The van der Waals surface area contributed by atoms with Crippen molar-refractivity contribution in [2.75, 3.05) is 32.2 Å². The summed E-state index contributed by atoms with van der Waals surface area (Å²) in [6, 6.07) is 4.01. The van der Waals surface area contributed by atoms with Crippen LogP contribution in [0.1, 0.15) is 13.3 Å². The first kappa shape index (κ1) is 14.3. The molecule has 1 aliphatic rings. The van der Waals surface area contributed by atoms with Crippen molar-refractivity contribution in [3.63, 3.8) is 0 Å². The van der Waals surface area contributed by atoms with Gasteiger partial charge < -0.3 is 20.1 Å². The van der Waals surface area contributed by atoms with Crippen molar-refractivity contribution in [2.24, 2.45) is 11.7 Å². The van der Waals surface area contributed by atoms with Crippen LogP contribution in [-0.4, -0.2) is 33.4 Å². The summed E-state index contributed by atoms with van der Waals surface area (Å²) >= 11 is 6.13. The summed E-state index contributed by atoms with van der Waals surface area (Å²) in [6.07, 6.45) is 0.981. The van der Waals surface area contributed by atoms with Gasteiger partial charge in [-0.25, -0.2) is 0 Å². The molecule has 19 heavy (non-hydrogen) atoms. The molecule has 0 spiro atoms. The number of halogens is 1. The maximum atomic E-state index is 6.13. The second-order valence-electron chi connectivity index (χ2n) is 5.03. The van der Waals surface area contributed by atoms with E-state index in [-0.39, 0.29) is 6.04 Å². The van der Waals surface area contributed by atoms with Crippen LogP contribution in [0.25, 0.3) is 0 Å². The Kier molecular flexibility index (Phi) is 4.42. The molecule has 0 bridgehead atoms. The average molecular weight is 285 g/mol. The Balaban J connectivity index is 2.32. The molecule has 1 saturated heterocycles. The van der Waals surface area contributed by atoms with Gasteiger partial charge in [-0.1, -0.05) is 18.5 Å². The number of methoxy groups -OCH3 is 2. The standard InChI is InChI=1S/C14H21ClN2O2/c1-9-8-17(5-4-11(9)16)12-7-13(18-2)10(15)6-14(12)19-3/h6-7,9,11H,4-5,8,16H2,1-3H3. The zero-order valence-corrected chi connectivity index (χ0v) is 12.4. The zero-order valence-electron chi connectivity index (χ0n) is 11.6. The summed E-state index contributed by atoms with van der Waals surface area (Å²) in [6.45, 7) is 4.02. The molecular weight excluding hydrogens is 264 g/mol. The van der Waals surface area contributed by atoms with E-state index in [1.54, 1.807) is 20.3 Å². The van der Waals surface area contributed by atoms with Crippen LogP contribution in [0.3, 0.4) is 0 Å². The molecule has 2 unspecified atom stereocenters. The molecular formula is C14H21ClN2O2. The minimum atomic E-state index is 0.274. The number of hydrogen-bond donors (Lipinski definition) is 1. The lowest BCUT2D eigenvalue weighted by atomic mass is 9.94. The Morgan fingerprint density at radius 1 is 1.26 bits per heavy atom. The van der Waals surface area contributed by atoms with Crippen LogP contribution < -0.4 is 20.1 Å². The minimum Gasteiger partial charge on any atom is -0.495 e. The Morgan fingerprint density at radius 2 is 1.95 bits per heavy atom. The quantitative estimate of drug-likeness (QED) is 0.927. The monoisotopic (exact) mass is 284 g/mol. The number of rotatable bonds is 3. The predicted molar refractivity (Wildman–Crippen MR) is 78.5 cm³/mol. The summed E-state index contributed by atoms with van der Waals surface area (Å²) in [5.74, 6) is 1.90. The van der Waals surface area contributed by atoms with Crippen LogP contribution in [0.4, 0.5) is 5.69 Å². The van der Waals surface area contributed by atoms with Crippen molar-refractivity contribution < 1.29 is 9.47 Å². The Hall–Kier alpha value is -1.13. The van der Waals surface area contributed by atoms with Gasteiger partial charge in [0.1, 0.15) is 11.5 Å². The predicted octanol–water partition coefficient (Wildman–Crippen LogP) is 2.53. The highest BCUT2D eigenvalue weighted by molar-refractivity contribution is 6.32. The van der Waals surface area contributed by atoms with Gasteiger partial charge in [0.05, 0.1) is 24.9 Å². The molecule has 0 amide bonds. The van der Waals surface area contributed by atoms with E-state index in [9.17, 15) is 0 Å². The molecule has 4 nitrogen and oxygen atoms in total. The van der Waals surface area contributed by atoms with Gasteiger partial charge >= 0.3 is 0 Å². The van der Waals surface area contributed by atoms with Crippen LogP contribution >= 0.6 is 11.6 Å². The first-order valence-corrected chi connectivity index (χ1v) is 6.86. The Bertz CT molecular complexity index is 453. The highest BCUT2D eigenvalue weighted by Crippen LogP contribution is 2.39. The molecule has 1 heterocycles. The lowest BCUT2D eigenvalue weighted by Crippen LogP contribution is -2.46. The summed E-state index contributed by atoms with van der Waals surface area (Å²) in [5.41, 5.74) is 7.08. The third-order valence-electron chi connectivity index (χ3n) is 3.77. The molecule has 1 aliphatic heterocycles. The summed E-state index contributed by atoms with van der Waals surface area (Å²) in [7, 11) is 3.27. The van der Waals surface area contributed by atoms with Gasteiger partial charge in [0, 0.05) is 31.3 Å². The van der Waals surface area contributed by atoms with E-state index in [1.165, 1.54) is 0 Å². The van der Waals surface area contributed by atoms with E-state index >= 15 is 0 Å². The first-order chi connectivity index (χ1) is 9.06. The van der Waals surface area contributed by atoms with Gasteiger partial charge in [0.25, 0.3) is 0 Å². The second-order valence-corrected chi connectivity index (χ2v) is 5.44. The normalized spacial score (nSPS) is 23.3. The summed E-state index contributed by atoms with van der Waals surface area (Å²) in [4.78, 5) is 2.28. The van der Waals surface area contributed by atoms with Crippen LogP contribution in [0.5, 0.6) is 11.5 Å². The fourth-order valence-corrected chi connectivity index (χ4v) is 2.70. The van der Waals surface area contributed by atoms with Crippen molar-refractivity contribution >= 4 is 17.3 Å². The molecule has 0 aliphatic carbocycles. The van der Waals surface area contributed by atoms with E-state index in [1.807, 2.05) is 6.07 Å². The van der Waals surface area contributed by atoms with Crippen LogP contribution in [-0.2, 0) is 0 Å². The molecule has 5 heteroatoms. The third kappa shape index (κ3) is 2.90. The van der Waals surface area contributed by atoms with Crippen LogP contribution in [0, 0.1) is 5.92 Å². The number of nitrogens with zero attached hydrogens (tertiary/aromatic N) is 1. The topological polar surface area (TPSA) is 47.7 Å². The molecule has 0 radical (unpaired) electrons. The van der Waals surface area contributed by atoms with E-state index in [4.69, 9.17) is 26.8 Å². The molecule has 0 saturated carbocycles. The SMILES string of the molecule is COc1cc(N2CCC(N)C(C)C2)c(OC)cc1Cl. The summed E-state index contributed by atoms with van der Waals surface area (Å²) in [5, 5.41) is 0.560. The van der Waals surface area contributed by atoms with E-state index in [0.29, 0.717) is 16.7 Å². The van der Waals surface area contributed by atoms with Crippen LogP contribution in [0.15, 0.2) is 12.1 Å². The summed E-state index contributed by atoms with van der Waals surface area (Å²) < 4.78 is 10.7. The highest BCUT2D eigenvalue weighted by Gasteiger charge is 2.25. The number of nitrogens with two attached hydrogens (primary N) is 1. The van der Waals surface area contributed by atoms with Crippen LogP contribution in [0.2, 0.25) is 5.02 Å². The maximum absolute atomic E-state index is 6.13. The second kappa shape index (κ2) is 5.88. The van der Waals surface area contributed by atoms with Gasteiger partial charge in [-0.15, -0.1) is 0 Å². The Morgan fingerprint density at radius 3 is 2.53 bits per heavy atom. The average Bonchev–Trinajstić information content (AvgIpc) is 2.41. The maximum Gasteiger partial charge on any atom is 0.143 e. The van der Waals surface area contributed by atoms with Crippen molar-refractivity contribution in [3.05, 3.63) is 17.2 Å². The minimum absolute atomic E-state index is 0.274. The molecule has 1 aromatic rings. The highest BCUT2D eigenvalue weighted by atomic mass is 35.5. The van der Waals surface area contributed by atoms with Gasteiger partial charge in [0.15, 0.2) is 0 Å². The van der Waals surface area contributed by atoms with Crippen molar-refractivity contribution in [1.29, 1.82) is 0 Å². The smallest absolute Gasteiger partial charge is 0.143 e. The molecule has 1 fully saturated rings. The molecule has 2 rings (SSSR count). The van der Waals surface area contributed by atoms with E-state index in [2.05, 4.69) is 11.8 Å². The zero-order chi connectivity index (χ0) is 14.0. The molecule has 1 aromatic carbocycles. The molecule has 0 aromatic heterocycles. The van der Waals surface area contributed by atoms with Gasteiger partial charge in [0.2, 0.25) is 0 Å². The number of benzene rings is 1. The fraction of sp³-hybridized carbons (Fsp3) is 0.571. The Labute approximate surface area is 119 Å². The van der Waals surface area contributed by atoms with E-state index in [0.717, 1.165) is 30.9 Å². The van der Waals surface area contributed by atoms with Gasteiger partial charge in [-0.05, 0) is 12.3 Å². The van der Waals surface area contributed by atoms with E-state index < -0.39 is 0 Å². The lowest BCUT2D eigenvalue weighted by molar-refractivity contribution is 0.372. The largest absolute Gasteiger partial charge is 0.495 e. The van der Waals surface area contributed by atoms with Gasteiger partial charge in [-0.3, -0.25) is 0 Å². The fourth-order valence-electron chi connectivity index (χ4n) is 2.47. The molecule has 106 valence electrons. The molecule has 2 N–H and O–H groups in total. The van der Waals surface area contributed by atoms with Crippen molar-refractivity contribution in [1.82, 2.24) is 0 Å². The third-order valence-corrected chi connectivity index (χ3v) is 4.06. The number of hydrogen-bond acceptors (Lipinski definition) is 4. The first-order valence-electron chi connectivity index (χ1n) is 6.49. The number of ether oxygens (including phenoxy) is 2. The molecule has 2 atom stereocenters. The van der Waals surface area contributed by atoms with Gasteiger partial charge in [-0.2, -0.15) is 0 Å². The van der Waals surface area contributed by atoms with Crippen molar-refractivity contribution in [2.45, 2.75) is 19.4 Å². The number of anilines is 1.